The number of amides is 1. The number of rotatable bonds is 7. The number of hydrogen-bond acceptors (Lipinski definition) is 3. The average molecular weight is 398 g/mol. The molecule has 1 saturated heterocycles. The molecule has 3 rings (SSSR count). The summed E-state index contributed by atoms with van der Waals surface area (Å²) in [7, 11) is 0. The van der Waals surface area contributed by atoms with Crippen molar-refractivity contribution in [3.8, 4) is 0 Å². The van der Waals surface area contributed by atoms with Crippen molar-refractivity contribution in [3.05, 3.63) is 76.3 Å². The molecule has 28 heavy (non-hydrogen) atoms. The number of carbonyl (C=O) groups excluding carboxylic acids is 2. The van der Waals surface area contributed by atoms with Crippen LogP contribution in [-0.4, -0.2) is 28.2 Å². The molecule has 1 aliphatic rings. The zero-order valence-electron chi connectivity index (χ0n) is 15.9. The van der Waals surface area contributed by atoms with Crippen LogP contribution in [0.4, 0.5) is 0 Å². The average Bonchev–Trinajstić information content (AvgIpc) is 2.97. The second kappa shape index (κ2) is 9.07. The fraction of sp³-hybridized carbons (Fsp3) is 0.304. The summed E-state index contributed by atoms with van der Waals surface area (Å²) in [6, 6.07) is 15.4. The van der Waals surface area contributed by atoms with Gasteiger partial charge >= 0.3 is 0 Å². The van der Waals surface area contributed by atoms with Gasteiger partial charge in [-0.05, 0) is 36.2 Å². The Hall–Kier alpha value is -2.59. The van der Waals surface area contributed by atoms with Crippen LogP contribution in [0.3, 0.4) is 0 Å². The molecule has 1 amide bonds. The number of aliphatic hydroxyl groups excluding tert-OH is 1. The van der Waals surface area contributed by atoms with Crippen LogP contribution in [0.2, 0.25) is 5.02 Å². The van der Waals surface area contributed by atoms with E-state index in [1.165, 1.54) is 0 Å². The number of halogens is 1. The summed E-state index contributed by atoms with van der Waals surface area (Å²) in [6.07, 6.45) is 4.01. The van der Waals surface area contributed by atoms with Crippen LogP contribution in [0.5, 0.6) is 0 Å². The van der Waals surface area contributed by atoms with Crippen molar-refractivity contribution in [1.82, 2.24) is 4.90 Å². The second-order valence-electron chi connectivity index (χ2n) is 6.97. The van der Waals surface area contributed by atoms with Crippen molar-refractivity contribution >= 4 is 29.1 Å². The van der Waals surface area contributed by atoms with Crippen LogP contribution in [-0.2, 0) is 9.59 Å². The maximum Gasteiger partial charge on any atom is 0.295 e. The molecule has 2 aromatic rings. The van der Waals surface area contributed by atoms with E-state index in [9.17, 15) is 14.7 Å². The molecule has 0 saturated carbocycles. The molecule has 5 heteroatoms. The molecule has 146 valence electrons. The topological polar surface area (TPSA) is 57.6 Å². The van der Waals surface area contributed by atoms with E-state index in [0.717, 1.165) is 31.2 Å². The molecule has 0 bridgehead atoms. The monoisotopic (exact) mass is 397 g/mol. The van der Waals surface area contributed by atoms with E-state index in [1.54, 1.807) is 29.2 Å². The lowest BCUT2D eigenvalue weighted by Gasteiger charge is -2.25. The molecule has 0 aromatic heterocycles. The van der Waals surface area contributed by atoms with Crippen LogP contribution in [0, 0.1) is 0 Å². The van der Waals surface area contributed by atoms with Crippen molar-refractivity contribution < 1.29 is 14.7 Å². The van der Waals surface area contributed by atoms with Gasteiger partial charge in [0.15, 0.2) is 0 Å². The Labute approximate surface area is 170 Å². The summed E-state index contributed by atoms with van der Waals surface area (Å²) in [5, 5.41) is 11.4. The molecule has 1 fully saturated rings. The highest BCUT2D eigenvalue weighted by Crippen LogP contribution is 2.39. The van der Waals surface area contributed by atoms with Crippen molar-refractivity contribution in [1.29, 1.82) is 0 Å². The van der Waals surface area contributed by atoms with E-state index in [4.69, 9.17) is 11.6 Å². The number of likely N-dealkylation sites (tertiary alicyclic amines) is 1. The number of carbonyl (C=O) groups is 2. The summed E-state index contributed by atoms with van der Waals surface area (Å²) in [6.45, 7) is 2.61. The fourth-order valence-corrected chi connectivity index (χ4v) is 3.69. The fourth-order valence-electron chi connectivity index (χ4n) is 3.56. The van der Waals surface area contributed by atoms with Gasteiger partial charge < -0.3 is 10.0 Å². The Bertz CT molecular complexity index is 874. The van der Waals surface area contributed by atoms with Gasteiger partial charge in [0.1, 0.15) is 5.76 Å². The number of unbranched alkanes of at least 4 members (excludes halogenated alkanes) is 3. The van der Waals surface area contributed by atoms with Gasteiger partial charge in [0.2, 0.25) is 0 Å². The maximum absolute atomic E-state index is 12.8. The normalized spacial score (nSPS) is 18.6. The predicted octanol–water partition coefficient (Wildman–Crippen LogP) is 5.34. The van der Waals surface area contributed by atoms with E-state index in [1.807, 2.05) is 30.3 Å². The highest BCUT2D eigenvalue weighted by atomic mass is 35.5. The summed E-state index contributed by atoms with van der Waals surface area (Å²) in [4.78, 5) is 27.2. The summed E-state index contributed by atoms with van der Waals surface area (Å²) < 4.78 is 0. The first-order valence-electron chi connectivity index (χ1n) is 9.64. The Morgan fingerprint density at radius 1 is 1.00 bits per heavy atom. The predicted molar refractivity (Wildman–Crippen MR) is 111 cm³/mol. The molecular formula is C23H24ClNO3. The highest BCUT2D eigenvalue weighted by Gasteiger charge is 2.45. The van der Waals surface area contributed by atoms with Crippen molar-refractivity contribution in [2.24, 2.45) is 0 Å². The zero-order valence-corrected chi connectivity index (χ0v) is 16.7. The zero-order chi connectivity index (χ0) is 20.1. The quantitative estimate of drug-likeness (QED) is 0.297. The van der Waals surface area contributed by atoms with Gasteiger partial charge in [-0.15, -0.1) is 0 Å². The van der Waals surface area contributed by atoms with Crippen molar-refractivity contribution in [2.75, 3.05) is 6.54 Å². The molecule has 4 nitrogen and oxygen atoms in total. The molecule has 0 aliphatic carbocycles. The Balaban J connectivity index is 2.03. The molecule has 0 unspecified atom stereocenters. The number of ketones is 1. The first-order chi connectivity index (χ1) is 13.5. The Morgan fingerprint density at radius 2 is 1.68 bits per heavy atom. The third-order valence-corrected chi connectivity index (χ3v) is 5.28. The lowest BCUT2D eigenvalue weighted by molar-refractivity contribution is -0.139. The SMILES string of the molecule is CCCCCCN1C(=O)C(=O)C(=C(O)c2ccc(Cl)cc2)[C@@H]1c1ccccc1. The van der Waals surface area contributed by atoms with Gasteiger partial charge in [0.25, 0.3) is 11.7 Å². The molecule has 2 aromatic carbocycles. The van der Waals surface area contributed by atoms with E-state index in [-0.39, 0.29) is 11.3 Å². The number of aliphatic hydroxyl groups is 1. The maximum atomic E-state index is 12.8. The minimum absolute atomic E-state index is 0.133. The largest absolute Gasteiger partial charge is 0.507 e. The van der Waals surface area contributed by atoms with Gasteiger partial charge in [-0.2, -0.15) is 0 Å². The third kappa shape index (κ3) is 4.12. The first-order valence-corrected chi connectivity index (χ1v) is 10.0. The summed E-state index contributed by atoms with van der Waals surface area (Å²) in [5.41, 5.74) is 1.41. The number of hydrogen-bond donors (Lipinski definition) is 1. The lowest BCUT2D eigenvalue weighted by atomic mass is 9.95. The van der Waals surface area contributed by atoms with Crippen LogP contribution in [0.25, 0.3) is 5.76 Å². The molecule has 0 spiro atoms. The third-order valence-electron chi connectivity index (χ3n) is 5.03. The van der Waals surface area contributed by atoms with E-state index in [2.05, 4.69) is 6.92 Å². The smallest absolute Gasteiger partial charge is 0.295 e. The molecule has 1 aliphatic heterocycles. The van der Waals surface area contributed by atoms with E-state index in [0.29, 0.717) is 17.1 Å². The van der Waals surface area contributed by atoms with Crippen LogP contribution in [0.15, 0.2) is 60.2 Å². The van der Waals surface area contributed by atoms with Gasteiger partial charge in [-0.3, -0.25) is 9.59 Å². The van der Waals surface area contributed by atoms with Crippen molar-refractivity contribution in [2.45, 2.75) is 38.6 Å². The molecule has 1 atom stereocenters. The first kappa shape index (κ1) is 20.2. The van der Waals surface area contributed by atoms with Crippen LogP contribution < -0.4 is 0 Å². The summed E-state index contributed by atoms with van der Waals surface area (Å²) in [5.74, 6) is -1.36. The van der Waals surface area contributed by atoms with Crippen LogP contribution in [0.1, 0.15) is 49.8 Å². The minimum atomic E-state index is -0.642. The van der Waals surface area contributed by atoms with Gasteiger partial charge in [0, 0.05) is 17.1 Å². The summed E-state index contributed by atoms with van der Waals surface area (Å²) >= 11 is 5.93. The number of benzene rings is 2. The molecule has 1 N–H and O–H groups in total. The van der Waals surface area contributed by atoms with Crippen LogP contribution >= 0.6 is 11.6 Å². The van der Waals surface area contributed by atoms with Gasteiger partial charge in [-0.25, -0.2) is 0 Å². The highest BCUT2D eigenvalue weighted by molar-refractivity contribution is 6.46. The molecule has 1 heterocycles. The molecule has 0 radical (unpaired) electrons. The lowest BCUT2D eigenvalue weighted by Crippen LogP contribution is -2.30. The minimum Gasteiger partial charge on any atom is -0.507 e. The Kier molecular flexibility index (Phi) is 6.53. The standard InChI is InChI=1S/C23H24ClNO3/c1-2-3-4-8-15-25-20(16-9-6-5-7-10-16)19(22(27)23(25)28)21(26)17-11-13-18(24)14-12-17/h5-7,9-14,20,26H,2-4,8,15H2,1H3/t20-/m0/s1. The number of nitrogens with zero attached hydrogens (tertiary/aromatic N) is 1. The van der Waals surface area contributed by atoms with E-state index < -0.39 is 17.7 Å². The van der Waals surface area contributed by atoms with E-state index >= 15 is 0 Å². The number of Topliss-reactive ketones (excluding diaryl/α,β-unsaturated/α-hetero) is 1. The second-order valence-corrected chi connectivity index (χ2v) is 7.41. The van der Waals surface area contributed by atoms with Gasteiger partial charge in [0.05, 0.1) is 11.6 Å². The van der Waals surface area contributed by atoms with Gasteiger partial charge in [-0.1, -0.05) is 68.1 Å². The van der Waals surface area contributed by atoms with Crippen molar-refractivity contribution in [3.63, 3.8) is 0 Å². The molecular weight excluding hydrogens is 374 g/mol. The Morgan fingerprint density at radius 3 is 2.32 bits per heavy atom.